The second-order valence-electron chi connectivity index (χ2n) is 8.90. The number of nitrogens with zero attached hydrogens (tertiary/aromatic N) is 1. The number of aliphatic hydroxyl groups is 1. The zero-order valence-electron chi connectivity index (χ0n) is 15.9. The van der Waals surface area contributed by atoms with Gasteiger partial charge in [0.15, 0.2) is 6.10 Å². The van der Waals surface area contributed by atoms with Crippen LogP contribution in [0.3, 0.4) is 0 Å². The first-order valence-corrected chi connectivity index (χ1v) is 10.9. The van der Waals surface area contributed by atoms with Gasteiger partial charge in [0.1, 0.15) is 0 Å². The number of hydrogen-bond acceptors (Lipinski definition) is 7. The molecule has 0 spiro atoms. The molecule has 3 amide bonds. The van der Waals surface area contributed by atoms with Crippen LogP contribution in [0.1, 0.15) is 45.4 Å². The van der Waals surface area contributed by atoms with E-state index in [-0.39, 0.29) is 36.0 Å². The maximum absolute atomic E-state index is 12.9. The van der Waals surface area contributed by atoms with Crippen LogP contribution in [0.4, 0.5) is 4.79 Å². The Kier molecular flexibility index (Phi) is 4.94. The lowest BCUT2D eigenvalue weighted by molar-refractivity contribution is -0.200. The number of carbonyl (C=O) groups excluding carboxylic acids is 4. The maximum Gasteiger partial charge on any atom is 0.312 e. The molecule has 154 valence electrons. The molecule has 1 heterocycles. The quantitative estimate of drug-likeness (QED) is 0.630. The first-order chi connectivity index (χ1) is 13.2. The Morgan fingerprint density at radius 2 is 1.96 bits per heavy atom. The second kappa shape index (κ2) is 7.02. The number of amides is 3. The standard InChI is InChI=1S/C19H26N2O6S/c1-11(15(23)20-2-3-21-14(22)9-28-17(21)25)27-16(24)18-5-12-4-13(6-18)8-19(26,7-12)10-18/h11-13,26H,2-10H2,1H3,(H,20,23)/t11-,12-,13+,18?,19?/m1/s1. The van der Waals surface area contributed by atoms with Crippen molar-refractivity contribution in [1.29, 1.82) is 0 Å². The molecule has 4 saturated carbocycles. The molecule has 5 fully saturated rings. The molecule has 2 N–H and O–H groups in total. The lowest BCUT2D eigenvalue weighted by Gasteiger charge is -2.58. The molecule has 0 radical (unpaired) electrons. The third-order valence-electron chi connectivity index (χ3n) is 6.59. The van der Waals surface area contributed by atoms with E-state index >= 15 is 0 Å². The average Bonchev–Trinajstić information content (AvgIpc) is 2.91. The average molecular weight is 410 g/mol. The Balaban J connectivity index is 1.29. The summed E-state index contributed by atoms with van der Waals surface area (Å²) in [4.78, 5) is 49.4. The summed E-state index contributed by atoms with van der Waals surface area (Å²) in [6.07, 6.45) is 3.53. The highest BCUT2D eigenvalue weighted by molar-refractivity contribution is 8.14. The topological polar surface area (TPSA) is 113 Å². The zero-order valence-corrected chi connectivity index (χ0v) is 16.8. The highest BCUT2D eigenvalue weighted by atomic mass is 32.2. The molecule has 4 bridgehead atoms. The van der Waals surface area contributed by atoms with Crippen molar-refractivity contribution < 1.29 is 29.0 Å². The van der Waals surface area contributed by atoms with Gasteiger partial charge in [0.05, 0.1) is 16.8 Å². The van der Waals surface area contributed by atoms with Crippen molar-refractivity contribution in [3.8, 4) is 0 Å². The van der Waals surface area contributed by atoms with E-state index in [0.29, 0.717) is 18.3 Å². The molecule has 1 saturated heterocycles. The van der Waals surface area contributed by atoms with Crippen LogP contribution in [0.2, 0.25) is 0 Å². The van der Waals surface area contributed by atoms with Gasteiger partial charge in [-0.1, -0.05) is 11.8 Å². The molecule has 0 aromatic rings. The Labute approximate surface area is 167 Å². The minimum absolute atomic E-state index is 0.109. The van der Waals surface area contributed by atoms with E-state index in [2.05, 4.69) is 5.32 Å². The fourth-order valence-electron chi connectivity index (χ4n) is 5.82. The molecule has 8 nitrogen and oxygen atoms in total. The van der Waals surface area contributed by atoms with Crippen LogP contribution < -0.4 is 5.32 Å². The summed E-state index contributed by atoms with van der Waals surface area (Å²) in [5.41, 5.74) is -1.43. The molecule has 2 unspecified atom stereocenters. The van der Waals surface area contributed by atoms with E-state index in [9.17, 15) is 24.3 Å². The number of imide groups is 1. The molecule has 4 aliphatic carbocycles. The Bertz CT molecular complexity index is 695. The summed E-state index contributed by atoms with van der Waals surface area (Å²) in [5.74, 6) is -0.249. The van der Waals surface area contributed by atoms with Gasteiger partial charge in [-0.05, 0) is 57.3 Å². The van der Waals surface area contributed by atoms with Gasteiger partial charge in [-0.3, -0.25) is 24.1 Å². The van der Waals surface area contributed by atoms with Crippen molar-refractivity contribution in [2.24, 2.45) is 17.3 Å². The third kappa shape index (κ3) is 3.54. The summed E-state index contributed by atoms with van der Waals surface area (Å²) in [6, 6.07) is 0. The normalized spacial score (nSPS) is 37.3. The van der Waals surface area contributed by atoms with Crippen molar-refractivity contribution in [1.82, 2.24) is 10.2 Å². The molecule has 1 aliphatic heterocycles. The summed E-state index contributed by atoms with van der Waals surface area (Å²) in [6.45, 7) is 1.75. The van der Waals surface area contributed by atoms with Gasteiger partial charge >= 0.3 is 5.97 Å². The number of rotatable bonds is 6. The van der Waals surface area contributed by atoms with E-state index in [1.807, 2.05) is 0 Å². The predicted molar refractivity (Wildman–Crippen MR) is 100 cm³/mol. The maximum atomic E-state index is 12.9. The molecular weight excluding hydrogens is 384 g/mol. The monoisotopic (exact) mass is 410 g/mol. The first kappa shape index (κ1) is 19.7. The summed E-state index contributed by atoms with van der Waals surface area (Å²) >= 11 is 0.949. The van der Waals surface area contributed by atoms with Gasteiger partial charge in [-0.15, -0.1) is 0 Å². The largest absolute Gasteiger partial charge is 0.452 e. The second-order valence-corrected chi connectivity index (χ2v) is 9.83. The highest BCUT2D eigenvalue weighted by Crippen LogP contribution is 2.62. The molecule has 5 atom stereocenters. The van der Waals surface area contributed by atoms with Gasteiger partial charge in [-0.25, -0.2) is 0 Å². The van der Waals surface area contributed by atoms with Gasteiger partial charge in [-0.2, -0.15) is 0 Å². The molecular formula is C19H26N2O6S. The molecule has 9 heteroatoms. The van der Waals surface area contributed by atoms with Gasteiger partial charge in [0.25, 0.3) is 11.1 Å². The lowest BCUT2D eigenvalue weighted by Crippen LogP contribution is -2.59. The van der Waals surface area contributed by atoms with Gasteiger partial charge in [0, 0.05) is 13.1 Å². The van der Waals surface area contributed by atoms with E-state index in [0.717, 1.165) is 48.8 Å². The number of ether oxygens (including phenoxy) is 1. The summed E-state index contributed by atoms with van der Waals surface area (Å²) < 4.78 is 5.49. The Morgan fingerprint density at radius 3 is 2.54 bits per heavy atom. The smallest absolute Gasteiger partial charge is 0.312 e. The van der Waals surface area contributed by atoms with Crippen LogP contribution in [0.25, 0.3) is 0 Å². The predicted octanol–water partition coefficient (Wildman–Crippen LogP) is 1.06. The van der Waals surface area contributed by atoms with Crippen molar-refractivity contribution in [3.05, 3.63) is 0 Å². The van der Waals surface area contributed by atoms with Crippen LogP contribution in [0, 0.1) is 17.3 Å². The van der Waals surface area contributed by atoms with Crippen LogP contribution >= 0.6 is 11.8 Å². The zero-order chi connectivity index (χ0) is 20.1. The van der Waals surface area contributed by atoms with Crippen LogP contribution in [0.5, 0.6) is 0 Å². The number of thioether (sulfide) groups is 1. The van der Waals surface area contributed by atoms with Crippen molar-refractivity contribution in [2.45, 2.75) is 57.2 Å². The fourth-order valence-corrected chi connectivity index (χ4v) is 6.58. The Hall–Kier alpha value is -1.61. The highest BCUT2D eigenvalue weighted by Gasteiger charge is 2.61. The molecule has 0 aromatic carbocycles. The number of hydrogen-bond donors (Lipinski definition) is 2. The van der Waals surface area contributed by atoms with Crippen LogP contribution in [-0.4, -0.2) is 63.6 Å². The summed E-state index contributed by atoms with van der Waals surface area (Å²) in [5, 5.41) is 13.1. The van der Waals surface area contributed by atoms with Gasteiger partial charge in [0.2, 0.25) is 5.91 Å². The summed E-state index contributed by atoms with van der Waals surface area (Å²) in [7, 11) is 0. The molecule has 5 rings (SSSR count). The van der Waals surface area contributed by atoms with Crippen molar-refractivity contribution in [2.75, 3.05) is 18.8 Å². The van der Waals surface area contributed by atoms with Crippen molar-refractivity contribution in [3.63, 3.8) is 0 Å². The first-order valence-electron chi connectivity index (χ1n) is 9.88. The van der Waals surface area contributed by atoms with Crippen LogP contribution in [-0.2, 0) is 19.1 Å². The minimum Gasteiger partial charge on any atom is -0.452 e. The minimum atomic E-state index is -0.963. The van der Waals surface area contributed by atoms with Gasteiger partial charge < -0.3 is 15.2 Å². The lowest BCUT2D eigenvalue weighted by atomic mass is 9.48. The molecule has 28 heavy (non-hydrogen) atoms. The van der Waals surface area contributed by atoms with E-state index in [4.69, 9.17) is 4.74 Å². The SMILES string of the molecule is C[C@@H](OC(=O)C12C[C@@H]3C[C@@H](CC(O)(C3)C1)C2)C(=O)NCCN1C(=O)CSC1=O. The van der Waals surface area contributed by atoms with E-state index in [1.54, 1.807) is 0 Å². The Morgan fingerprint density at radius 1 is 1.29 bits per heavy atom. The number of carbonyl (C=O) groups is 4. The van der Waals surface area contributed by atoms with E-state index < -0.39 is 23.0 Å². The number of nitrogens with one attached hydrogen (secondary N) is 1. The third-order valence-corrected chi connectivity index (χ3v) is 7.45. The van der Waals surface area contributed by atoms with Crippen LogP contribution in [0.15, 0.2) is 0 Å². The number of esters is 1. The van der Waals surface area contributed by atoms with Crippen molar-refractivity contribution >= 4 is 34.8 Å². The van der Waals surface area contributed by atoms with E-state index in [1.165, 1.54) is 6.92 Å². The molecule has 0 aromatic heterocycles. The molecule has 5 aliphatic rings. The fraction of sp³-hybridized carbons (Fsp3) is 0.789.